The minimum absolute atomic E-state index is 0.245. The number of nitrogens with one attached hydrogen (secondary N) is 1. The number of hydrogen-bond donors (Lipinski definition) is 9. The first-order valence-electron chi connectivity index (χ1n) is 22.4. The standard InChI is InChI=1S/C43H81NO13/c1-3-5-7-9-11-13-14-15-16-17-18-19-20-22-24-26-32(47)31(44-35(48)27-25-23-21-12-10-8-6-4-2)30-54-42-40(53)38(51)41(34(29-46)56-42)57-43-39(52)37(50)36(49)33(28-45)55-43/h24,26,31-34,36-43,45-47,49-53H,3-23,25,27-30H2,1-2H3,(H,44,48)/b26-24+/t31-,32+,33+,34+,36-,37?,38?,39?,40?,41+,42+,43-/m0/s1. The number of aliphatic hydroxyl groups is 8. The van der Waals surface area contributed by atoms with Gasteiger partial charge in [-0.25, -0.2) is 0 Å². The molecule has 0 aromatic heterocycles. The number of carbonyl (C=O) groups is 1. The number of amides is 1. The van der Waals surface area contributed by atoms with Crippen LogP contribution in [0.5, 0.6) is 0 Å². The summed E-state index contributed by atoms with van der Waals surface area (Å²) in [6, 6.07) is -0.905. The molecule has 12 atom stereocenters. The van der Waals surface area contributed by atoms with Crippen LogP contribution in [0.1, 0.15) is 162 Å². The minimum atomic E-state index is -1.78. The largest absolute Gasteiger partial charge is 0.394 e. The Balaban J connectivity index is 1.90. The lowest BCUT2D eigenvalue weighted by atomic mass is 9.97. The van der Waals surface area contributed by atoms with Crippen molar-refractivity contribution in [3.05, 3.63) is 12.2 Å². The van der Waals surface area contributed by atoms with Gasteiger partial charge < -0.3 is 65.1 Å². The fraction of sp³-hybridized carbons (Fsp3) is 0.930. The predicted octanol–water partition coefficient (Wildman–Crippen LogP) is 4.04. The smallest absolute Gasteiger partial charge is 0.220 e. The molecule has 4 unspecified atom stereocenters. The van der Waals surface area contributed by atoms with Crippen LogP contribution in [0.4, 0.5) is 0 Å². The lowest BCUT2D eigenvalue weighted by molar-refractivity contribution is -0.359. The second-order valence-electron chi connectivity index (χ2n) is 16.2. The molecule has 14 nitrogen and oxygen atoms in total. The lowest BCUT2D eigenvalue weighted by Gasteiger charge is -2.46. The van der Waals surface area contributed by atoms with Crippen molar-refractivity contribution in [3.63, 3.8) is 0 Å². The normalized spacial score (nSPS) is 29.2. The molecule has 2 aliphatic rings. The molecule has 9 N–H and O–H groups in total. The third kappa shape index (κ3) is 20.2. The first-order valence-corrected chi connectivity index (χ1v) is 22.4. The highest BCUT2D eigenvalue weighted by molar-refractivity contribution is 5.76. The van der Waals surface area contributed by atoms with Crippen molar-refractivity contribution in [2.75, 3.05) is 19.8 Å². The zero-order valence-electron chi connectivity index (χ0n) is 35.1. The minimum Gasteiger partial charge on any atom is -0.394 e. The maximum Gasteiger partial charge on any atom is 0.220 e. The Morgan fingerprint density at radius 1 is 0.614 bits per heavy atom. The summed E-state index contributed by atoms with van der Waals surface area (Å²) in [6.45, 7) is 2.72. The summed E-state index contributed by atoms with van der Waals surface area (Å²) in [6.07, 6.45) is 12.8. The van der Waals surface area contributed by atoms with Gasteiger partial charge in [-0.15, -0.1) is 0 Å². The fourth-order valence-corrected chi connectivity index (χ4v) is 7.47. The molecule has 2 aliphatic heterocycles. The van der Waals surface area contributed by atoms with Crippen LogP contribution in [0.2, 0.25) is 0 Å². The second kappa shape index (κ2) is 31.6. The summed E-state index contributed by atoms with van der Waals surface area (Å²) in [5.41, 5.74) is 0. The van der Waals surface area contributed by atoms with E-state index in [4.69, 9.17) is 18.9 Å². The van der Waals surface area contributed by atoms with Gasteiger partial charge in [0.25, 0.3) is 0 Å². The van der Waals surface area contributed by atoms with Crippen molar-refractivity contribution in [3.8, 4) is 0 Å². The van der Waals surface area contributed by atoms with E-state index in [1.54, 1.807) is 6.08 Å². The number of allylic oxidation sites excluding steroid dienone is 1. The summed E-state index contributed by atoms with van der Waals surface area (Å²) < 4.78 is 22.6. The molecule has 2 fully saturated rings. The molecular formula is C43H81NO13. The number of rotatable bonds is 33. The van der Waals surface area contributed by atoms with E-state index in [0.717, 1.165) is 38.5 Å². The zero-order chi connectivity index (χ0) is 41.8. The van der Waals surface area contributed by atoms with Gasteiger partial charge in [0.2, 0.25) is 5.91 Å². The molecule has 336 valence electrons. The maximum absolute atomic E-state index is 13.0. The third-order valence-corrected chi connectivity index (χ3v) is 11.2. The third-order valence-electron chi connectivity index (χ3n) is 11.2. The van der Waals surface area contributed by atoms with Crippen LogP contribution in [-0.4, -0.2) is 140 Å². The highest BCUT2D eigenvalue weighted by atomic mass is 16.7. The maximum atomic E-state index is 13.0. The van der Waals surface area contributed by atoms with Crippen LogP contribution >= 0.6 is 0 Å². The van der Waals surface area contributed by atoms with Gasteiger partial charge in [0, 0.05) is 6.42 Å². The SMILES string of the molecule is CCCCCCCCCCCCCCC/C=C/[C@@H](O)[C@H](CO[C@@H]1O[C@H](CO)[C@@H](O[C@@H]2O[C@H](CO)[C@H](O)C(O)C2O)C(O)C1O)NC(=O)CCCCCCCCCC. The Kier molecular flexibility index (Phi) is 28.7. The molecule has 14 heteroatoms. The van der Waals surface area contributed by atoms with E-state index in [2.05, 4.69) is 19.2 Å². The van der Waals surface area contributed by atoms with E-state index in [-0.39, 0.29) is 18.9 Å². The number of aliphatic hydroxyl groups excluding tert-OH is 8. The van der Waals surface area contributed by atoms with Gasteiger partial charge in [-0.2, -0.15) is 0 Å². The van der Waals surface area contributed by atoms with Gasteiger partial charge >= 0.3 is 0 Å². The van der Waals surface area contributed by atoms with E-state index in [1.165, 1.54) is 96.3 Å². The Bertz CT molecular complexity index is 1020. The fourth-order valence-electron chi connectivity index (χ4n) is 7.47. The second-order valence-corrected chi connectivity index (χ2v) is 16.2. The van der Waals surface area contributed by atoms with Crippen molar-refractivity contribution in [1.29, 1.82) is 0 Å². The van der Waals surface area contributed by atoms with E-state index >= 15 is 0 Å². The molecule has 2 heterocycles. The zero-order valence-corrected chi connectivity index (χ0v) is 35.1. The van der Waals surface area contributed by atoms with Crippen molar-refractivity contribution in [2.45, 2.75) is 235 Å². The molecule has 0 aromatic carbocycles. The van der Waals surface area contributed by atoms with Crippen LogP contribution in [-0.2, 0) is 23.7 Å². The molecule has 57 heavy (non-hydrogen) atoms. The van der Waals surface area contributed by atoms with Crippen LogP contribution < -0.4 is 5.32 Å². The highest BCUT2D eigenvalue weighted by Crippen LogP contribution is 2.30. The number of hydrogen-bond acceptors (Lipinski definition) is 13. The van der Waals surface area contributed by atoms with Crippen molar-refractivity contribution in [2.24, 2.45) is 0 Å². The van der Waals surface area contributed by atoms with Gasteiger partial charge in [0.1, 0.15) is 48.8 Å². The first-order chi connectivity index (χ1) is 27.6. The summed E-state index contributed by atoms with van der Waals surface area (Å²) >= 11 is 0. The van der Waals surface area contributed by atoms with Gasteiger partial charge in [-0.1, -0.05) is 148 Å². The summed E-state index contributed by atoms with van der Waals surface area (Å²) in [4.78, 5) is 13.0. The lowest BCUT2D eigenvalue weighted by Crippen LogP contribution is -2.65. The van der Waals surface area contributed by atoms with Crippen molar-refractivity contribution in [1.82, 2.24) is 5.32 Å². The monoisotopic (exact) mass is 820 g/mol. The van der Waals surface area contributed by atoms with Gasteiger partial charge in [0.05, 0.1) is 32.0 Å². The molecule has 0 aliphatic carbocycles. The molecule has 2 rings (SSSR count). The molecule has 0 aromatic rings. The van der Waals surface area contributed by atoms with Gasteiger partial charge in [0.15, 0.2) is 12.6 Å². The average molecular weight is 820 g/mol. The average Bonchev–Trinajstić information content (AvgIpc) is 3.21. The molecule has 1 amide bonds. The van der Waals surface area contributed by atoms with E-state index in [0.29, 0.717) is 6.42 Å². The Hall–Kier alpha value is -1.27. The van der Waals surface area contributed by atoms with Gasteiger partial charge in [-0.3, -0.25) is 4.79 Å². The highest BCUT2D eigenvalue weighted by Gasteiger charge is 2.50. The molecule has 0 saturated carbocycles. The molecule has 0 bridgehead atoms. The molecule has 2 saturated heterocycles. The van der Waals surface area contributed by atoms with E-state index in [9.17, 15) is 45.6 Å². The molecule has 0 spiro atoms. The first kappa shape index (κ1) is 51.9. The summed E-state index contributed by atoms with van der Waals surface area (Å²) in [5, 5.41) is 86.3. The predicted molar refractivity (Wildman–Crippen MR) is 217 cm³/mol. The van der Waals surface area contributed by atoms with Crippen LogP contribution in [0, 0.1) is 0 Å². The summed E-state index contributed by atoms with van der Waals surface area (Å²) in [7, 11) is 0. The van der Waals surface area contributed by atoms with E-state index < -0.39 is 86.8 Å². The Morgan fingerprint density at radius 2 is 1.09 bits per heavy atom. The summed E-state index contributed by atoms with van der Waals surface area (Å²) in [5.74, 6) is -0.245. The quantitative estimate of drug-likeness (QED) is 0.0337. The molecular weight excluding hydrogens is 738 g/mol. The Labute approximate surface area is 342 Å². The molecule has 0 radical (unpaired) electrons. The van der Waals surface area contributed by atoms with Gasteiger partial charge in [-0.05, 0) is 19.3 Å². The number of carbonyl (C=O) groups excluding carboxylic acids is 1. The van der Waals surface area contributed by atoms with Crippen molar-refractivity contribution < 1.29 is 64.6 Å². The van der Waals surface area contributed by atoms with Crippen molar-refractivity contribution >= 4 is 5.91 Å². The number of ether oxygens (including phenoxy) is 4. The topological polar surface area (TPSA) is 228 Å². The van der Waals surface area contributed by atoms with Crippen LogP contribution in [0.15, 0.2) is 12.2 Å². The van der Waals surface area contributed by atoms with Crippen LogP contribution in [0.25, 0.3) is 0 Å². The van der Waals surface area contributed by atoms with E-state index in [1.807, 2.05) is 6.08 Å². The Morgan fingerprint density at radius 3 is 1.61 bits per heavy atom. The number of unbranched alkanes of at least 4 members (excludes halogenated alkanes) is 20. The van der Waals surface area contributed by atoms with Crippen LogP contribution in [0.3, 0.4) is 0 Å².